The Balaban J connectivity index is 1.55. The second-order valence-electron chi connectivity index (χ2n) is 9.06. The van der Waals surface area contributed by atoms with Gasteiger partial charge in [0, 0.05) is 17.2 Å². The Hall–Kier alpha value is -4.62. The van der Waals surface area contributed by atoms with E-state index in [1.807, 2.05) is 60.7 Å². The zero-order valence-electron chi connectivity index (χ0n) is 21.0. The van der Waals surface area contributed by atoms with E-state index in [1.54, 1.807) is 31.2 Å². The van der Waals surface area contributed by atoms with Crippen molar-refractivity contribution in [2.75, 3.05) is 0 Å². The lowest BCUT2D eigenvalue weighted by molar-refractivity contribution is -0.385. The van der Waals surface area contributed by atoms with Crippen LogP contribution in [0.5, 0.6) is 11.5 Å². The van der Waals surface area contributed by atoms with Gasteiger partial charge in [-0.25, -0.2) is 0 Å². The number of aryl methyl sites for hydroxylation is 1. The highest BCUT2D eigenvalue weighted by Gasteiger charge is 2.37. The summed E-state index contributed by atoms with van der Waals surface area (Å²) in [4.78, 5) is 23.8. The molecule has 39 heavy (non-hydrogen) atoms. The van der Waals surface area contributed by atoms with Crippen molar-refractivity contribution in [3.63, 3.8) is 0 Å². The van der Waals surface area contributed by atoms with Crippen LogP contribution in [0.3, 0.4) is 0 Å². The minimum Gasteiger partial charge on any atom is -0.488 e. The summed E-state index contributed by atoms with van der Waals surface area (Å²) in [6, 6.07) is 27.3. The Bertz CT molecular complexity index is 1550. The molecule has 0 aromatic heterocycles. The second-order valence-corrected chi connectivity index (χ2v) is 9.47. The van der Waals surface area contributed by atoms with Gasteiger partial charge in [-0.3, -0.25) is 10.1 Å². The predicted octanol–water partition coefficient (Wildman–Crippen LogP) is 7.40. The second kappa shape index (κ2) is 11.4. The summed E-state index contributed by atoms with van der Waals surface area (Å²) in [6.07, 6.45) is 0.712. The van der Waals surface area contributed by atoms with Crippen LogP contribution in [0.1, 0.15) is 33.7 Å². The van der Waals surface area contributed by atoms with Gasteiger partial charge in [0.15, 0.2) is 11.5 Å². The molecule has 1 aliphatic heterocycles. The molecule has 0 saturated heterocycles. The molecule has 1 unspecified atom stereocenters. The van der Waals surface area contributed by atoms with Crippen LogP contribution in [0.2, 0.25) is 5.02 Å². The summed E-state index contributed by atoms with van der Waals surface area (Å²) in [7, 11) is 0. The first-order valence-corrected chi connectivity index (χ1v) is 12.6. The van der Waals surface area contributed by atoms with Gasteiger partial charge in [0.1, 0.15) is 31.2 Å². The number of nitro benzene ring substituents is 1. The van der Waals surface area contributed by atoms with Crippen LogP contribution in [-0.4, -0.2) is 11.2 Å². The van der Waals surface area contributed by atoms with E-state index in [-0.39, 0.29) is 29.6 Å². The summed E-state index contributed by atoms with van der Waals surface area (Å²) in [5, 5.41) is 12.2. The number of nitro groups is 1. The van der Waals surface area contributed by atoms with Gasteiger partial charge in [-0.2, -0.15) is 0 Å². The fourth-order valence-corrected chi connectivity index (χ4v) is 4.65. The summed E-state index contributed by atoms with van der Waals surface area (Å²) in [5.41, 5.74) is 3.13. The maximum absolute atomic E-state index is 12.5. The maximum Gasteiger partial charge on any atom is 0.312 e. The lowest BCUT2D eigenvalue weighted by Crippen LogP contribution is -2.19. The molecule has 0 fully saturated rings. The average molecular weight is 542 g/mol. The lowest BCUT2D eigenvalue weighted by Gasteiger charge is -2.28. The third kappa shape index (κ3) is 5.63. The molecule has 8 heteroatoms. The van der Waals surface area contributed by atoms with Gasteiger partial charge in [0.05, 0.1) is 9.95 Å². The highest BCUT2D eigenvalue weighted by Crippen LogP contribution is 2.47. The number of aldehydes is 1. The molecule has 0 spiro atoms. The van der Waals surface area contributed by atoms with Crippen LogP contribution in [0.4, 0.5) is 5.69 Å². The fraction of sp³-hybridized carbons (Fsp3) is 0.129. The molecule has 0 radical (unpaired) electrons. The Morgan fingerprint density at radius 3 is 2.15 bits per heavy atom. The first-order valence-electron chi connectivity index (χ1n) is 12.2. The molecule has 0 N–H and O–H groups in total. The SMILES string of the molecule is Cc1cc2c(c([N+](=O)[O-])c1)OC(c1ccc(OCc3ccccc3)c(Cl)c1)=C(OCc1ccccc1)C2C=O. The largest absolute Gasteiger partial charge is 0.488 e. The molecule has 1 aliphatic rings. The van der Waals surface area contributed by atoms with Gasteiger partial charge in [-0.05, 0) is 41.8 Å². The summed E-state index contributed by atoms with van der Waals surface area (Å²) >= 11 is 6.59. The third-order valence-electron chi connectivity index (χ3n) is 6.29. The highest BCUT2D eigenvalue weighted by atomic mass is 35.5. The normalized spacial score (nSPS) is 14.3. The number of halogens is 1. The van der Waals surface area contributed by atoms with Crippen molar-refractivity contribution in [2.24, 2.45) is 0 Å². The van der Waals surface area contributed by atoms with Crippen molar-refractivity contribution < 1.29 is 23.9 Å². The Morgan fingerprint density at radius 2 is 1.56 bits per heavy atom. The number of hydrogen-bond donors (Lipinski definition) is 0. The maximum atomic E-state index is 12.5. The van der Waals surface area contributed by atoms with Crippen LogP contribution >= 0.6 is 11.6 Å². The number of benzene rings is 4. The van der Waals surface area contributed by atoms with Crippen LogP contribution in [0.15, 0.2) is 96.8 Å². The fourth-order valence-electron chi connectivity index (χ4n) is 4.42. The van der Waals surface area contributed by atoms with Gasteiger partial charge in [0.2, 0.25) is 5.75 Å². The van der Waals surface area contributed by atoms with Crippen molar-refractivity contribution in [3.8, 4) is 11.5 Å². The topological polar surface area (TPSA) is 87.9 Å². The van der Waals surface area contributed by atoms with Gasteiger partial charge in [-0.1, -0.05) is 78.3 Å². The lowest BCUT2D eigenvalue weighted by atomic mass is 9.91. The van der Waals surface area contributed by atoms with E-state index < -0.39 is 10.8 Å². The quantitative estimate of drug-likeness (QED) is 0.125. The van der Waals surface area contributed by atoms with E-state index in [4.69, 9.17) is 25.8 Å². The van der Waals surface area contributed by atoms with E-state index >= 15 is 0 Å². The standard InChI is InChI=1S/C31H24ClNO6/c1-20-14-24-25(17-34)31(38-19-22-10-6-3-7-11-22)29(39-30(24)27(15-20)33(35)36)23-12-13-28(26(32)16-23)37-18-21-8-4-2-5-9-21/h2-17,25H,18-19H2,1H3. The predicted molar refractivity (Wildman–Crippen MR) is 148 cm³/mol. The number of rotatable bonds is 9. The number of hydrogen-bond acceptors (Lipinski definition) is 6. The molecule has 0 bridgehead atoms. The van der Waals surface area contributed by atoms with Gasteiger partial charge in [-0.15, -0.1) is 0 Å². The third-order valence-corrected chi connectivity index (χ3v) is 6.58. The zero-order valence-corrected chi connectivity index (χ0v) is 21.8. The monoisotopic (exact) mass is 541 g/mol. The molecular weight excluding hydrogens is 518 g/mol. The minimum absolute atomic E-state index is 0.00490. The molecule has 1 heterocycles. The Labute approximate surface area is 230 Å². The number of carbonyl (C=O) groups excluding carboxylic acids is 1. The van der Waals surface area contributed by atoms with Crippen molar-refractivity contribution in [1.29, 1.82) is 0 Å². The molecule has 0 saturated carbocycles. The molecule has 4 aromatic rings. The number of allylic oxidation sites excluding steroid dienone is 1. The summed E-state index contributed by atoms with van der Waals surface area (Å²) in [6.45, 7) is 2.23. The van der Waals surface area contributed by atoms with Crippen molar-refractivity contribution >= 4 is 29.3 Å². The number of fused-ring (bicyclic) bond motifs is 1. The van der Waals surface area contributed by atoms with Gasteiger partial charge < -0.3 is 19.0 Å². The van der Waals surface area contributed by atoms with E-state index in [9.17, 15) is 14.9 Å². The first-order chi connectivity index (χ1) is 18.9. The van der Waals surface area contributed by atoms with Gasteiger partial charge >= 0.3 is 5.69 Å². The van der Waals surface area contributed by atoms with Crippen LogP contribution in [-0.2, 0) is 22.7 Å². The van der Waals surface area contributed by atoms with Crippen LogP contribution in [0.25, 0.3) is 5.76 Å². The highest BCUT2D eigenvalue weighted by molar-refractivity contribution is 6.32. The van der Waals surface area contributed by atoms with E-state index in [1.165, 1.54) is 6.07 Å². The van der Waals surface area contributed by atoms with E-state index in [0.29, 0.717) is 40.4 Å². The van der Waals surface area contributed by atoms with Gasteiger partial charge in [0.25, 0.3) is 0 Å². The molecular formula is C31H24ClNO6. The molecule has 0 amide bonds. The zero-order chi connectivity index (χ0) is 27.4. The minimum atomic E-state index is -0.918. The first kappa shape index (κ1) is 26.0. The summed E-state index contributed by atoms with van der Waals surface area (Å²) < 4.78 is 18.3. The Kier molecular flexibility index (Phi) is 7.61. The number of carbonyl (C=O) groups is 1. The van der Waals surface area contributed by atoms with E-state index in [2.05, 4.69) is 0 Å². The molecule has 7 nitrogen and oxygen atoms in total. The van der Waals surface area contributed by atoms with Crippen molar-refractivity contribution in [3.05, 3.63) is 140 Å². The number of ether oxygens (including phenoxy) is 3. The average Bonchev–Trinajstić information content (AvgIpc) is 2.95. The number of nitrogens with zero attached hydrogens (tertiary/aromatic N) is 1. The van der Waals surface area contributed by atoms with Crippen molar-refractivity contribution in [1.82, 2.24) is 0 Å². The van der Waals surface area contributed by atoms with Crippen LogP contribution < -0.4 is 9.47 Å². The van der Waals surface area contributed by atoms with Crippen molar-refractivity contribution in [2.45, 2.75) is 26.1 Å². The Morgan fingerprint density at radius 1 is 0.923 bits per heavy atom. The molecule has 5 rings (SSSR count). The molecule has 0 aliphatic carbocycles. The van der Waals surface area contributed by atoms with E-state index in [0.717, 1.165) is 11.1 Å². The van der Waals surface area contributed by atoms with Crippen LogP contribution in [0, 0.1) is 17.0 Å². The molecule has 1 atom stereocenters. The molecule has 4 aromatic carbocycles. The smallest absolute Gasteiger partial charge is 0.312 e. The summed E-state index contributed by atoms with van der Waals surface area (Å²) in [5.74, 6) is -0.0280. The molecule has 196 valence electrons.